The van der Waals surface area contributed by atoms with Crippen LogP contribution in [0.2, 0.25) is 0 Å². The fraction of sp³-hybridized carbons (Fsp3) is 0.591. The van der Waals surface area contributed by atoms with Gasteiger partial charge in [-0.05, 0) is 37.7 Å². The van der Waals surface area contributed by atoms with Gasteiger partial charge in [0, 0.05) is 11.8 Å². The Morgan fingerprint density at radius 1 is 1.15 bits per heavy atom. The highest BCUT2D eigenvalue weighted by molar-refractivity contribution is 5.88. The Morgan fingerprint density at radius 3 is 2.44 bits per heavy atom. The molecular formula is C22H29NO4. The Labute approximate surface area is 160 Å². The van der Waals surface area contributed by atoms with Crippen molar-refractivity contribution in [1.82, 2.24) is 5.32 Å². The highest BCUT2D eigenvalue weighted by Crippen LogP contribution is 2.40. The molecule has 3 rings (SSSR count). The van der Waals surface area contributed by atoms with Gasteiger partial charge in [-0.1, -0.05) is 50.1 Å². The molecule has 146 valence electrons. The molecule has 0 aromatic heterocycles. The van der Waals surface area contributed by atoms with E-state index in [-0.39, 0.29) is 42.3 Å². The second-order valence-electron chi connectivity index (χ2n) is 7.82. The van der Waals surface area contributed by atoms with Crippen LogP contribution in [-0.2, 0) is 19.1 Å². The fourth-order valence-corrected chi connectivity index (χ4v) is 4.46. The number of amides is 1. The van der Waals surface area contributed by atoms with E-state index in [1.165, 1.54) is 0 Å². The minimum absolute atomic E-state index is 0.0101. The summed E-state index contributed by atoms with van der Waals surface area (Å²) in [5.41, 5.74) is 1.05. The quantitative estimate of drug-likeness (QED) is 0.744. The van der Waals surface area contributed by atoms with Crippen LogP contribution < -0.4 is 5.32 Å². The van der Waals surface area contributed by atoms with E-state index in [4.69, 9.17) is 4.74 Å². The Bertz CT molecular complexity index is 656. The summed E-state index contributed by atoms with van der Waals surface area (Å²) in [5, 5.41) is 2.97. The van der Waals surface area contributed by atoms with Crippen LogP contribution in [0.3, 0.4) is 0 Å². The maximum atomic E-state index is 12.4. The third-order valence-electron chi connectivity index (χ3n) is 5.84. The van der Waals surface area contributed by atoms with Crippen molar-refractivity contribution < 1.29 is 19.1 Å². The standard InChI is InChI=1S/C22H29NO4/c1-2-7-19(15-8-4-3-5-9-15)23-20(24)14-27-22(26)18-12-16-10-6-11-17(13-18)21(16)25/h3-5,8-9,16-19H,2,6-7,10-14H2,1H3,(H,23,24)/t16-,17+,18?,19-/m1/s1. The number of carbonyl (C=O) groups excluding carboxylic acids is 3. The Hall–Kier alpha value is -2.17. The number of hydrogen-bond acceptors (Lipinski definition) is 4. The zero-order valence-electron chi connectivity index (χ0n) is 16.0. The summed E-state index contributed by atoms with van der Waals surface area (Å²) in [7, 11) is 0. The molecule has 0 aliphatic heterocycles. The summed E-state index contributed by atoms with van der Waals surface area (Å²) in [4.78, 5) is 36.8. The SMILES string of the molecule is CCC[C@@H](NC(=O)COC(=O)C1C[C@H]2CCC[C@@H](C1)C2=O)c1ccccc1. The van der Waals surface area contributed by atoms with Crippen molar-refractivity contribution in [2.75, 3.05) is 6.61 Å². The van der Waals surface area contributed by atoms with Gasteiger partial charge in [-0.3, -0.25) is 14.4 Å². The van der Waals surface area contributed by atoms with E-state index in [1.807, 2.05) is 30.3 Å². The van der Waals surface area contributed by atoms with Crippen LogP contribution in [0.4, 0.5) is 0 Å². The van der Waals surface area contributed by atoms with Crippen LogP contribution in [-0.4, -0.2) is 24.3 Å². The number of rotatable bonds is 7. The lowest BCUT2D eigenvalue weighted by Crippen LogP contribution is -2.40. The third kappa shape index (κ3) is 4.96. The number of ketones is 1. The van der Waals surface area contributed by atoms with E-state index in [0.717, 1.165) is 37.7 Å². The molecule has 2 fully saturated rings. The van der Waals surface area contributed by atoms with Crippen LogP contribution >= 0.6 is 0 Å². The smallest absolute Gasteiger partial charge is 0.309 e. The predicted octanol–water partition coefficient (Wildman–Crippen LogP) is 3.58. The van der Waals surface area contributed by atoms with Gasteiger partial charge in [0.1, 0.15) is 5.78 Å². The van der Waals surface area contributed by atoms with Crippen molar-refractivity contribution in [2.24, 2.45) is 17.8 Å². The van der Waals surface area contributed by atoms with Crippen LogP contribution in [0.5, 0.6) is 0 Å². The largest absolute Gasteiger partial charge is 0.455 e. The van der Waals surface area contributed by atoms with Crippen LogP contribution in [0, 0.1) is 17.8 Å². The normalized spacial score (nSPS) is 25.5. The van der Waals surface area contributed by atoms with E-state index in [1.54, 1.807) is 0 Å². The number of nitrogens with one attached hydrogen (secondary N) is 1. The molecule has 5 nitrogen and oxygen atoms in total. The van der Waals surface area contributed by atoms with E-state index in [9.17, 15) is 14.4 Å². The first-order chi connectivity index (χ1) is 13.1. The molecule has 0 radical (unpaired) electrons. The van der Waals surface area contributed by atoms with Gasteiger partial charge in [0.25, 0.3) is 5.91 Å². The summed E-state index contributed by atoms with van der Waals surface area (Å²) in [6.45, 7) is 1.81. The van der Waals surface area contributed by atoms with E-state index >= 15 is 0 Å². The summed E-state index contributed by atoms with van der Waals surface area (Å²) in [5.74, 6) is -0.509. The monoisotopic (exact) mass is 371 g/mol. The number of hydrogen-bond donors (Lipinski definition) is 1. The number of Topliss-reactive ketones (excluding diaryl/α,β-unsaturated/α-hetero) is 1. The van der Waals surface area contributed by atoms with Gasteiger partial charge in [0.2, 0.25) is 0 Å². The predicted molar refractivity (Wildman–Crippen MR) is 102 cm³/mol. The number of ether oxygens (including phenoxy) is 1. The molecule has 2 bridgehead atoms. The molecular weight excluding hydrogens is 342 g/mol. The van der Waals surface area contributed by atoms with E-state index in [0.29, 0.717) is 18.6 Å². The summed E-state index contributed by atoms with van der Waals surface area (Å²) < 4.78 is 5.30. The lowest BCUT2D eigenvalue weighted by atomic mass is 9.67. The van der Waals surface area contributed by atoms with Crippen molar-refractivity contribution in [2.45, 2.75) is 57.9 Å². The molecule has 0 saturated heterocycles. The minimum atomic E-state index is -0.332. The average molecular weight is 371 g/mol. The van der Waals surface area contributed by atoms with Gasteiger partial charge >= 0.3 is 5.97 Å². The Morgan fingerprint density at radius 2 is 1.81 bits per heavy atom. The molecule has 1 N–H and O–H groups in total. The van der Waals surface area contributed by atoms with Gasteiger partial charge in [0.15, 0.2) is 6.61 Å². The lowest BCUT2D eigenvalue weighted by Gasteiger charge is -2.36. The molecule has 2 aliphatic rings. The average Bonchev–Trinajstić information content (AvgIpc) is 2.66. The first-order valence-corrected chi connectivity index (χ1v) is 10.1. The Kier molecular flexibility index (Phi) is 6.64. The summed E-state index contributed by atoms with van der Waals surface area (Å²) >= 11 is 0. The zero-order chi connectivity index (χ0) is 19.2. The van der Waals surface area contributed by atoms with Crippen LogP contribution in [0.1, 0.15) is 63.5 Å². The van der Waals surface area contributed by atoms with Gasteiger partial charge in [-0.2, -0.15) is 0 Å². The maximum Gasteiger partial charge on any atom is 0.309 e. The van der Waals surface area contributed by atoms with E-state index in [2.05, 4.69) is 12.2 Å². The molecule has 2 saturated carbocycles. The second-order valence-corrected chi connectivity index (χ2v) is 7.82. The highest BCUT2D eigenvalue weighted by atomic mass is 16.5. The van der Waals surface area contributed by atoms with Crippen molar-refractivity contribution in [3.8, 4) is 0 Å². The summed E-state index contributed by atoms with van der Waals surface area (Å²) in [6.07, 6.45) is 5.78. The number of benzene rings is 1. The molecule has 0 spiro atoms. The zero-order valence-corrected chi connectivity index (χ0v) is 16.0. The van der Waals surface area contributed by atoms with E-state index < -0.39 is 0 Å². The number of fused-ring (bicyclic) bond motifs is 2. The van der Waals surface area contributed by atoms with Gasteiger partial charge < -0.3 is 10.1 Å². The molecule has 2 aliphatic carbocycles. The molecule has 1 unspecified atom stereocenters. The fourth-order valence-electron chi connectivity index (χ4n) is 4.46. The molecule has 27 heavy (non-hydrogen) atoms. The molecule has 4 atom stereocenters. The maximum absolute atomic E-state index is 12.4. The van der Waals surface area contributed by atoms with Crippen molar-refractivity contribution in [3.05, 3.63) is 35.9 Å². The van der Waals surface area contributed by atoms with Gasteiger partial charge in [-0.25, -0.2) is 0 Å². The molecule has 5 heteroatoms. The van der Waals surface area contributed by atoms with Crippen molar-refractivity contribution >= 4 is 17.7 Å². The second kappa shape index (κ2) is 9.16. The van der Waals surface area contributed by atoms with Crippen molar-refractivity contribution in [1.29, 1.82) is 0 Å². The molecule has 1 aromatic rings. The van der Waals surface area contributed by atoms with Crippen LogP contribution in [0.15, 0.2) is 30.3 Å². The summed E-state index contributed by atoms with van der Waals surface area (Å²) in [6, 6.07) is 9.75. The first-order valence-electron chi connectivity index (χ1n) is 10.1. The number of esters is 1. The topological polar surface area (TPSA) is 72.5 Å². The third-order valence-corrected chi connectivity index (χ3v) is 5.84. The van der Waals surface area contributed by atoms with Crippen LogP contribution in [0.25, 0.3) is 0 Å². The van der Waals surface area contributed by atoms with Gasteiger partial charge in [0.05, 0.1) is 12.0 Å². The van der Waals surface area contributed by atoms with Crippen molar-refractivity contribution in [3.63, 3.8) is 0 Å². The first kappa shape index (κ1) is 19.6. The Balaban J connectivity index is 1.49. The minimum Gasteiger partial charge on any atom is -0.455 e. The van der Waals surface area contributed by atoms with Gasteiger partial charge in [-0.15, -0.1) is 0 Å². The lowest BCUT2D eigenvalue weighted by molar-refractivity contribution is -0.156. The molecule has 0 heterocycles. The highest BCUT2D eigenvalue weighted by Gasteiger charge is 2.41. The molecule has 1 amide bonds. The number of carbonyl (C=O) groups is 3. The molecule has 1 aromatic carbocycles.